The smallest absolute Gasteiger partial charge is 0.205 e. The molecule has 3 heteroatoms. The van der Waals surface area contributed by atoms with Gasteiger partial charge in [0.25, 0.3) is 0 Å². The maximum absolute atomic E-state index is 5.93. The van der Waals surface area contributed by atoms with Crippen LogP contribution in [0.5, 0.6) is 0 Å². The third kappa shape index (κ3) is 1.87. The molecule has 3 rings (SSSR count). The summed E-state index contributed by atoms with van der Waals surface area (Å²) >= 11 is 0. The Bertz CT molecular complexity index is 714. The second kappa shape index (κ2) is 4.12. The lowest BCUT2D eigenvalue weighted by Gasteiger charge is -2.20. The average molecular weight is 252 g/mol. The summed E-state index contributed by atoms with van der Waals surface area (Å²) in [5, 5.41) is 0. The molecule has 0 aliphatic carbocycles. The summed E-state index contributed by atoms with van der Waals surface area (Å²) in [6, 6.07) is 15.8. The number of rotatable bonds is 2. The summed E-state index contributed by atoms with van der Waals surface area (Å²) in [6.45, 7) is 4.20. The van der Waals surface area contributed by atoms with Crippen molar-refractivity contribution in [1.29, 1.82) is 0 Å². The molecular weight excluding hydrogens is 236 g/mol. The zero-order valence-corrected chi connectivity index (χ0v) is 11.1. The Morgan fingerprint density at radius 3 is 2.42 bits per heavy atom. The van der Waals surface area contributed by atoms with E-state index in [-0.39, 0.29) is 5.41 Å². The minimum absolute atomic E-state index is 0.285. The van der Waals surface area contributed by atoms with Gasteiger partial charge in [0, 0.05) is 0 Å². The number of fused-ring (bicyclic) bond motifs is 1. The molecule has 0 radical (unpaired) electrons. The van der Waals surface area contributed by atoms with E-state index in [1.54, 1.807) is 0 Å². The normalized spacial score (nSPS) is 11.9. The van der Waals surface area contributed by atoms with Gasteiger partial charge in [-0.1, -0.05) is 36.4 Å². The molecule has 1 aromatic heterocycles. The number of nitrogen functional groups attached to an aromatic ring is 1. The number of benzene rings is 2. The monoisotopic (exact) mass is 252 g/mol. The molecule has 2 N–H and O–H groups in total. The van der Waals surface area contributed by atoms with E-state index in [0.717, 1.165) is 11.1 Å². The number of para-hydroxylation sites is 1. The summed E-state index contributed by atoms with van der Waals surface area (Å²) in [7, 11) is 0. The summed E-state index contributed by atoms with van der Waals surface area (Å²) < 4.78 is 5.88. The SMILES string of the molecule is CC(C)(c1ccccc1)c1nc2c(N)cccc2o1. The molecule has 0 spiro atoms. The van der Waals surface area contributed by atoms with Crippen LogP contribution in [0.15, 0.2) is 52.9 Å². The van der Waals surface area contributed by atoms with Crippen LogP contribution in [0.2, 0.25) is 0 Å². The maximum Gasteiger partial charge on any atom is 0.205 e. The van der Waals surface area contributed by atoms with Gasteiger partial charge in [0.15, 0.2) is 5.58 Å². The van der Waals surface area contributed by atoms with Crippen LogP contribution in [-0.4, -0.2) is 4.98 Å². The van der Waals surface area contributed by atoms with Gasteiger partial charge in [0.05, 0.1) is 11.1 Å². The Morgan fingerprint density at radius 2 is 1.74 bits per heavy atom. The van der Waals surface area contributed by atoms with Crippen molar-refractivity contribution in [3.63, 3.8) is 0 Å². The molecule has 96 valence electrons. The quantitative estimate of drug-likeness (QED) is 0.707. The van der Waals surface area contributed by atoms with Gasteiger partial charge < -0.3 is 10.2 Å². The van der Waals surface area contributed by atoms with Crippen LogP contribution < -0.4 is 5.73 Å². The van der Waals surface area contributed by atoms with Crippen LogP contribution in [0.3, 0.4) is 0 Å². The predicted octanol–water partition coefficient (Wildman–Crippen LogP) is 3.74. The largest absolute Gasteiger partial charge is 0.440 e. The molecule has 0 atom stereocenters. The molecule has 3 aromatic rings. The molecule has 0 bridgehead atoms. The molecule has 0 aliphatic rings. The van der Waals surface area contributed by atoms with Gasteiger partial charge in [-0.3, -0.25) is 0 Å². The van der Waals surface area contributed by atoms with Crippen LogP contribution in [0.1, 0.15) is 25.3 Å². The van der Waals surface area contributed by atoms with Gasteiger partial charge in [0.1, 0.15) is 5.52 Å². The fourth-order valence-corrected chi connectivity index (χ4v) is 2.22. The Balaban J connectivity index is 2.16. The molecule has 19 heavy (non-hydrogen) atoms. The fraction of sp³-hybridized carbons (Fsp3) is 0.188. The van der Waals surface area contributed by atoms with Gasteiger partial charge in [-0.15, -0.1) is 0 Å². The molecule has 0 fully saturated rings. The zero-order chi connectivity index (χ0) is 13.5. The lowest BCUT2D eigenvalue weighted by Crippen LogP contribution is -2.19. The van der Waals surface area contributed by atoms with Crippen LogP contribution in [0, 0.1) is 0 Å². The highest BCUT2D eigenvalue weighted by atomic mass is 16.3. The van der Waals surface area contributed by atoms with Crippen LogP contribution >= 0.6 is 0 Å². The minimum atomic E-state index is -0.285. The van der Waals surface area contributed by atoms with E-state index in [0.29, 0.717) is 11.6 Å². The molecule has 0 aliphatic heterocycles. The zero-order valence-electron chi connectivity index (χ0n) is 11.1. The number of oxazole rings is 1. The van der Waals surface area contributed by atoms with Crippen molar-refractivity contribution in [3.8, 4) is 0 Å². The summed E-state index contributed by atoms with van der Waals surface area (Å²) in [6.07, 6.45) is 0. The van der Waals surface area contributed by atoms with E-state index >= 15 is 0 Å². The Hall–Kier alpha value is -2.29. The molecule has 3 nitrogen and oxygen atoms in total. The van der Waals surface area contributed by atoms with Gasteiger partial charge in [0.2, 0.25) is 5.89 Å². The first-order valence-corrected chi connectivity index (χ1v) is 6.30. The topological polar surface area (TPSA) is 52.0 Å². The highest BCUT2D eigenvalue weighted by Gasteiger charge is 2.29. The van der Waals surface area contributed by atoms with Crippen molar-refractivity contribution >= 4 is 16.8 Å². The van der Waals surface area contributed by atoms with Crippen molar-refractivity contribution in [1.82, 2.24) is 4.98 Å². The molecule has 0 amide bonds. The van der Waals surface area contributed by atoms with Crippen molar-refractivity contribution in [2.24, 2.45) is 0 Å². The molecule has 0 saturated carbocycles. The second-order valence-electron chi connectivity index (χ2n) is 5.20. The standard InChI is InChI=1S/C16H16N2O/c1-16(2,11-7-4-3-5-8-11)15-18-14-12(17)9-6-10-13(14)19-15/h3-10H,17H2,1-2H3. The van der Waals surface area contributed by atoms with Gasteiger partial charge in [-0.05, 0) is 31.5 Å². The van der Waals surface area contributed by atoms with E-state index in [4.69, 9.17) is 10.2 Å². The lowest BCUT2D eigenvalue weighted by molar-refractivity contribution is 0.433. The van der Waals surface area contributed by atoms with Crippen LogP contribution in [0.4, 0.5) is 5.69 Å². The minimum Gasteiger partial charge on any atom is -0.440 e. The summed E-state index contributed by atoms with van der Waals surface area (Å²) in [5.74, 6) is 0.687. The third-order valence-corrected chi connectivity index (χ3v) is 3.48. The number of aromatic nitrogens is 1. The molecule has 1 heterocycles. The summed E-state index contributed by atoms with van der Waals surface area (Å²) in [4.78, 5) is 4.57. The number of hydrogen-bond donors (Lipinski definition) is 1. The van der Waals surface area contributed by atoms with Gasteiger partial charge in [-0.25, -0.2) is 4.98 Å². The lowest BCUT2D eigenvalue weighted by atomic mass is 9.84. The highest BCUT2D eigenvalue weighted by Crippen LogP contribution is 2.33. The summed E-state index contributed by atoms with van der Waals surface area (Å²) in [5.41, 5.74) is 8.93. The van der Waals surface area contributed by atoms with E-state index in [1.807, 2.05) is 36.4 Å². The van der Waals surface area contributed by atoms with E-state index < -0.39 is 0 Å². The van der Waals surface area contributed by atoms with E-state index in [2.05, 4.69) is 31.0 Å². The Morgan fingerprint density at radius 1 is 1.00 bits per heavy atom. The number of hydrogen-bond acceptors (Lipinski definition) is 3. The second-order valence-corrected chi connectivity index (χ2v) is 5.20. The number of nitrogens with two attached hydrogens (primary N) is 1. The number of anilines is 1. The van der Waals surface area contributed by atoms with Crippen molar-refractivity contribution in [2.75, 3.05) is 5.73 Å². The first kappa shape index (κ1) is 11.8. The first-order chi connectivity index (χ1) is 9.09. The van der Waals surface area contributed by atoms with Crippen molar-refractivity contribution in [3.05, 3.63) is 60.0 Å². The number of nitrogens with zero attached hydrogens (tertiary/aromatic N) is 1. The first-order valence-electron chi connectivity index (χ1n) is 6.30. The molecule has 0 unspecified atom stereocenters. The Labute approximate surface area is 112 Å². The van der Waals surface area contributed by atoms with Crippen molar-refractivity contribution in [2.45, 2.75) is 19.3 Å². The molecule has 0 saturated heterocycles. The fourth-order valence-electron chi connectivity index (χ4n) is 2.22. The van der Waals surface area contributed by atoms with Crippen LogP contribution in [0.25, 0.3) is 11.1 Å². The van der Waals surface area contributed by atoms with Crippen LogP contribution in [-0.2, 0) is 5.41 Å². The third-order valence-electron chi connectivity index (χ3n) is 3.48. The molecule has 2 aromatic carbocycles. The maximum atomic E-state index is 5.93. The highest BCUT2D eigenvalue weighted by molar-refractivity contribution is 5.85. The Kier molecular flexibility index (Phi) is 2.56. The average Bonchev–Trinajstić information content (AvgIpc) is 2.86. The van der Waals surface area contributed by atoms with E-state index in [1.165, 1.54) is 5.56 Å². The molecular formula is C16H16N2O. The predicted molar refractivity (Wildman–Crippen MR) is 77.0 cm³/mol. The van der Waals surface area contributed by atoms with E-state index in [9.17, 15) is 0 Å². The van der Waals surface area contributed by atoms with Gasteiger partial charge >= 0.3 is 0 Å². The van der Waals surface area contributed by atoms with Crippen molar-refractivity contribution < 1.29 is 4.42 Å². The van der Waals surface area contributed by atoms with Gasteiger partial charge in [-0.2, -0.15) is 0 Å².